The van der Waals surface area contributed by atoms with Gasteiger partial charge in [0.05, 0.1) is 4.92 Å². The average molecular weight is 356 g/mol. The fourth-order valence-corrected chi connectivity index (χ4v) is 3.30. The molecular weight excluding hydrogens is 338 g/mol. The van der Waals surface area contributed by atoms with Crippen molar-refractivity contribution in [2.75, 3.05) is 18.4 Å². The number of fused-ring (bicyclic) bond motifs is 1. The first kappa shape index (κ1) is 15.9. The second kappa shape index (κ2) is 6.53. The lowest BCUT2D eigenvalue weighted by Gasteiger charge is -2.30. The molecule has 6 nitrogen and oxygen atoms in total. The van der Waals surface area contributed by atoms with Gasteiger partial charge in [0.2, 0.25) is 5.91 Å². The van der Waals surface area contributed by atoms with Crippen LogP contribution in [0.25, 0.3) is 0 Å². The molecule has 21 heavy (non-hydrogen) atoms. The standard InChI is InChI=1S/C14H18BrN3O3/c1-3-5-17-6-4-10-11(8-17)12(15)7-13(18(20)21)14(10)16-9(2)19/h7H,3-6,8H2,1-2H3,(H,16,19). The molecule has 2 rings (SSSR count). The van der Waals surface area contributed by atoms with Gasteiger partial charge in [-0.1, -0.05) is 22.9 Å². The van der Waals surface area contributed by atoms with Crippen LogP contribution in [0.2, 0.25) is 0 Å². The average Bonchev–Trinajstić information content (AvgIpc) is 2.41. The Hall–Kier alpha value is -1.47. The number of benzene rings is 1. The summed E-state index contributed by atoms with van der Waals surface area (Å²) in [5.41, 5.74) is 2.20. The Kier molecular flexibility index (Phi) is 4.95. The largest absolute Gasteiger partial charge is 0.320 e. The normalized spacial score (nSPS) is 14.6. The molecule has 0 saturated heterocycles. The summed E-state index contributed by atoms with van der Waals surface area (Å²) in [6, 6.07) is 1.49. The summed E-state index contributed by atoms with van der Waals surface area (Å²) in [5.74, 6) is -0.293. The van der Waals surface area contributed by atoms with E-state index >= 15 is 0 Å². The van der Waals surface area contributed by atoms with E-state index in [-0.39, 0.29) is 11.6 Å². The molecule has 0 aliphatic carbocycles. The minimum absolute atomic E-state index is 0.0558. The lowest BCUT2D eigenvalue weighted by Crippen LogP contribution is -2.32. The molecule has 1 aliphatic rings. The second-order valence-corrected chi connectivity index (χ2v) is 6.03. The molecule has 0 spiro atoms. The zero-order valence-corrected chi connectivity index (χ0v) is 13.7. The lowest BCUT2D eigenvalue weighted by atomic mass is 9.96. The van der Waals surface area contributed by atoms with Crippen LogP contribution >= 0.6 is 15.9 Å². The third-order valence-electron chi connectivity index (χ3n) is 3.57. The Bertz CT molecular complexity index is 589. The minimum atomic E-state index is -0.450. The number of carbonyl (C=O) groups excluding carboxylic acids is 1. The van der Waals surface area contributed by atoms with Crippen LogP contribution in [0, 0.1) is 10.1 Å². The molecule has 1 amide bonds. The van der Waals surface area contributed by atoms with Crippen LogP contribution in [-0.4, -0.2) is 28.8 Å². The first-order valence-corrected chi connectivity index (χ1v) is 7.72. The molecule has 0 bridgehead atoms. The van der Waals surface area contributed by atoms with Crippen LogP contribution in [0.4, 0.5) is 11.4 Å². The van der Waals surface area contributed by atoms with Gasteiger partial charge in [0, 0.05) is 30.6 Å². The van der Waals surface area contributed by atoms with Gasteiger partial charge >= 0.3 is 0 Å². The second-order valence-electron chi connectivity index (χ2n) is 5.17. The van der Waals surface area contributed by atoms with Crippen molar-refractivity contribution in [1.29, 1.82) is 0 Å². The molecule has 114 valence electrons. The van der Waals surface area contributed by atoms with E-state index in [0.29, 0.717) is 12.1 Å². The van der Waals surface area contributed by atoms with Gasteiger partial charge in [-0.2, -0.15) is 0 Å². The summed E-state index contributed by atoms with van der Waals surface area (Å²) in [6.45, 7) is 6.08. The first-order chi connectivity index (χ1) is 9.93. The summed E-state index contributed by atoms with van der Waals surface area (Å²) < 4.78 is 0.735. The van der Waals surface area contributed by atoms with Crippen LogP contribution in [0.1, 0.15) is 31.4 Å². The van der Waals surface area contributed by atoms with E-state index < -0.39 is 4.92 Å². The highest BCUT2D eigenvalue weighted by Crippen LogP contribution is 2.39. The Labute approximate surface area is 131 Å². The Morgan fingerprint density at radius 3 is 2.81 bits per heavy atom. The van der Waals surface area contributed by atoms with Gasteiger partial charge in [0.25, 0.3) is 5.69 Å². The maximum atomic E-state index is 11.4. The van der Waals surface area contributed by atoms with Crippen LogP contribution in [0.5, 0.6) is 0 Å². The van der Waals surface area contributed by atoms with Gasteiger partial charge in [-0.3, -0.25) is 19.8 Å². The number of anilines is 1. The molecular formula is C14H18BrN3O3. The van der Waals surface area contributed by atoms with Gasteiger partial charge in [-0.15, -0.1) is 0 Å². The molecule has 1 aromatic rings. The SMILES string of the molecule is CCCN1CCc2c(c(Br)cc([N+](=O)[O-])c2NC(C)=O)C1. The highest BCUT2D eigenvalue weighted by molar-refractivity contribution is 9.10. The summed E-state index contributed by atoms with van der Waals surface area (Å²) in [4.78, 5) is 24.5. The molecule has 0 fully saturated rings. The zero-order valence-electron chi connectivity index (χ0n) is 12.1. The molecule has 0 unspecified atom stereocenters. The monoisotopic (exact) mass is 355 g/mol. The van der Waals surface area contributed by atoms with Crippen LogP contribution < -0.4 is 5.32 Å². The van der Waals surface area contributed by atoms with E-state index in [2.05, 4.69) is 33.1 Å². The van der Waals surface area contributed by atoms with E-state index in [1.807, 2.05) is 0 Å². The van der Waals surface area contributed by atoms with Gasteiger partial charge in [0.15, 0.2) is 0 Å². The Morgan fingerprint density at radius 2 is 2.24 bits per heavy atom. The fraction of sp³-hybridized carbons (Fsp3) is 0.500. The number of hydrogen-bond donors (Lipinski definition) is 1. The number of nitrogens with zero attached hydrogens (tertiary/aromatic N) is 2. The summed E-state index contributed by atoms with van der Waals surface area (Å²) in [5, 5.41) is 13.9. The van der Waals surface area contributed by atoms with Gasteiger partial charge in [-0.25, -0.2) is 0 Å². The molecule has 1 aromatic carbocycles. The van der Waals surface area contributed by atoms with Gasteiger partial charge in [-0.05, 0) is 30.5 Å². The van der Waals surface area contributed by atoms with Crippen molar-refractivity contribution < 1.29 is 9.72 Å². The maximum Gasteiger partial charge on any atom is 0.294 e. The van der Waals surface area contributed by atoms with Crippen LogP contribution in [0.3, 0.4) is 0 Å². The molecule has 1 N–H and O–H groups in total. The van der Waals surface area contributed by atoms with E-state index in [1.54, 1.807) is 0 Å². The highest BCUT2D eigenvalue weighted by Gasteiger charge is 2.28. The number of carbonyl (C=O) groups is 1. The number of hydrogen-bond acceptors (Lipinski definition) is 4. The van der Waals surface area contributed by atoms with Crippen LogP contribution in [0.15, 0.2) is 10.5 Å². The van der Waals surface area contributed by atoms with Crippen molar-refractivity contribution in [3.8, 4) is 0 Å². The number of amides is 1. The Balaban J connectivity index is 2.50. The van der Waals surface area contributed by atoms with E-state index in [9.17, 15) is 14.9 Å². The summed E-state index contributed by atoms with van der Waals surface area (Å²) >= 11 is 3.44. The molecule has 1 aliphatic heterocycles. The lowest BCUT2D eigenvalue weighted by molar-refractivity contribution is -0.384. The fourth-order valence-electron chi connectivity index (χ4n) is 2.71. The minimum Gasteiger partial charge on any atom is -0.320 e. The van der Waals surface area contributed by atoms with E-state index in [4.69, 9.17) is 0 Å². The van der Waals surface area contributed by atoms with Crippen molar-refractivity contribution in [3.63, 3.8) is 0 Å². The van der Waals surface area contributed by atoms with Crippen molar-refractivity contribution >= 4 is 33.2 Å². The molecule has 1 heterocycles. The Morgan fingerprint density at radius 1 is 1.52 bits per heavy atom. The van der Waals surface area contributed by atoms with Crippen molar-refractivity contribution in [2.45, 2.75) is 33.2 Å². The smallest absolute Gasteiger partial charge is 0.294 e. The number of halogens is 1. The zero-order chi connectivity index (χ0) is 15.6. The molecule has 0 saturated carbocycles. The quantitative estimate of drug-likeness (QED) is 0.665. The summed E-state index contributed by atoms with van der Waals surface area (Å²) in [6.07, 6.45) is 1.77. The third-order valence-corrected chi connectivity index (χ3v) is 4.28. The molecule has 0 radical (unpaired) electrons. The van der Waals surface area contributed by atoms with Gasteiger partial charge < -0.3 is 5.32 Å². The molecule has 0 atom stereocenters. The summed E-state index contributed by atoms with van der Waals surface area (Å²) in [7, 11) is 0. The third kappa shape index (κ3) is 3.41. The maximum absolute atomic E-state index is 11.4. The number of nitro benzene ring substituents is 1. The molecule has 0 aromatic heterocycles. The number of rotatable bonds is 4. The highest BCUT2D eigenvalue weighted by atomic mass is 79.9. The van der Waals surface area contributed by atoms with Crippen molar-refractivity contribution in [2.24, 2.45) is 0 Å². The molecule has 7 heteroatoms. The van der Waals surface area contributed by atoms with Crippen molar-refractivity contribution in [3.05, 3.63) is 31.8 Å². The number of nitro groups is 1. The van der Waals surface area contributed by atoms with E-state index in [1.165, 1.54) is 13.0 Å². The number of nitrogens with one attached hydrogen (secondary N) is 1. The predicted octanol–water partition coefficient (Wildman–Crippen LogP) is 3.08. The first-order valence-electron chi connectivity index (χ1n) is 6.92. The predicted molar refractivity (Wildman–Crippen MR) is 84.4 cm³/mol. The topological polar surface area (TPSA) is 75.5 Å². The van der Waals surface area contributed by atoms with E-state index in [0.717, 1.165) is 41.7 Å². The van der Waals surface area contributed by atoms with Crippen molar-refractivity contribution in [1.82, 2.24) is 4.90 Å². The van der Waals surface area contributed by atoms with Gasteiger partial charge in [0.1, 0.15) is 5.69 Å². The van der Waals surface area contributed by atoms with Crippen LogP contribution in [-0.2, 0) is 17.8 Å².